The molecule has 1 unspecified atom stereocenters. The number of benzene rings is 3. The van der Waals surface area contributed by atoms with Crippen LogP contribution < -0.4 is 16.0 Å². The van der Waals surface area contributed by atoms with Crippen LogP contribution in [-0.4, -0.2) is 51.5 Å². The van der Waals surface area contributed by atoms with Crippen molar-refractivity contribution < 1.29 is 14.3 Å². The number of nitrogens with one attached hydrogen (secondary N) is 3. The van der Waals surface area contributed by atoms with Crippen molar-refractivity contribution in [1.29, 1.82) is 0 Å². The van der Waals surface area contributed by atoms with Crippen molar-refractivity contribution in [3.05, 3.63) is 114 Å². The molecule has 1 aliphatic rings. The van der Waals surface area contributed by atoms with Gasteiger partial charge < -0.3 is 25.6 Å². The second kappa shape index (κ2) is 12.0. The van der Waals surface area contributed by atoms with Crippen molar-refractivity contribution >= 4 is 23.6 Å². The number of urea groups is 1. The predicted molar refractivity (Wildman–Crippen MR) is 164 cm³/mol. The largest absolute Gasteiger partial charge is 0.444 e. The van der Waals surface area contributed by atoms with Crippen LogP contribution in [0.25, 0.3) is 0 Å². The van der Waals surface area contributed by atoms with Crippen LogP contribution >= 0.6 is 0 Å². The third-order valence-electron chi connectivity index (χ3n) is 7.29. The van der Waals surface area contributed by atoms with Crippen molar-refractivity contribution in [2.24, 2.45) is 7.05 Å². The molecule has 0 saturated carbocycles. The topological polar surface area (TPSA) is 101 Å². The van der Waals surface area contributed by atoms with E-state index in [1.165, 1.54) is 0 Å². The average molecular weight is 567 g/mol. The van der Waals surface area contributed by atoms with E-state index in [4.69, 9.17) is 4.74 Å². The lowest BCUT2D eigenvalue weighted by Gasteiger charge is -2.38. The van der Waals surface area contributed by atoms with Gasteiger partial charge >= 0.3 is 12.1 Å². The summed E-state index contributed by atoms with van der Waals surface area (Å²) in [6.07, 6.45) is 1.37. The van der Waals surface area contributed by atoms with E-state index in [1.54, 1.807) is 15.8 Å². The second-order valence-electron chi connectivity index (χ2n) is 11.6. The first-order chi connectivity index (χ1) is 20.2. The van der Waals surface area contributed by atoms with Crippen LogP contribution in [0.15, 0.2) is 97.2 Å². The van der Waals surface area contributed by atoms with Crippen molar-refractivity contribution in [3.8, 4) is 0 Å². The number of hydrogen-bond acceptors (Lipinski definition) is 5. The fourth-order valence-electron chi connectivity index (χ4n) is 5.33. The van der Waals surface area contributed by atoms with Gasteiger partial charge in [0.2, 0.25) is 0 Å². The van der Waals surface area contributed by atoms with Gasteiger partial charge in [0.25, 0.3) is 0 Å². The van der Waals surface area contributed by atoms with Crippen LogP contribution in [0.1, 0.15) is 43.9 Å². The van der Waals surface area contributed by atoms with Gasteiger partial charge in [0.15, 0.2) is 0 Å². The first kappa shape index (κ1) is 28.7. The summed E-state index contributed by atoms with van der Waals surface area (Å²) in [5.41, 5.74) is 2.47. The van der Waals surface area contributed by atoms with Crippen molar-refractivity contribution in [1.82, 2.24) is 20.0 Å². The first-order valence-electron chi connectivity index (χ1n) is 14.2. The van der Waals surface area contributed by atoms with E-state index in [2.05, 4.69) is 57.4 Å². The highest BCUT2D eigenvalue weighted by Gasteiger charge is 2.38. The maximum atomic E-state index is 13.4. The van der Waals surface area contributed by atoms with Gasteiger partial charge in [-0.3, -0.25) is 4.68 Å². The van der Waals surface area contributed by atoms with Gasteiger partial charge in [-0.15, -0.1) is 0 Å². The molecular weight excluding hydrogens is 528 g/mol. The molecule has 0 aliphatic carbocycles. The molecule has 1 atom stereocenters. The zero-order valence-corrected chi connectivity index (χ0v) is 24.5. The molecule has 3 aromatic carbocycles. The highest BCUT2D eigenvalue weighted by atomic mass is 16.6. The molecule has 9 heteroatoms. The summed E-state index contributed by atoms with van der Waals surface area (Å²) >= 11 is 0. The van der Waals surface area contributed by atoms with E-state index in [0.29, 0.717) is 31.0 Å². The number of aryl methyl sites for hydroxylation is 1. The Morgan fingerprint density at radius 3 is 1.88 bits per heavy atom. The molecule has 1 fully saturated rings. The number of alkyl carbamates (subject to hydrolysis) is 1. The monoisotopic (exact) mass is 566 g/mol. The fourth-order valence-corrected chi connectivity index (χ4v) is 5.33. The van der Waals surface area contributed by atoms with Crippen LogP contribution in [0.2, 0.25) is 0 Å². The van der Waals surface area contributed by atoms with E-state index in [-0.39, 0.29) is 12.1 Å². The van der Waals surface area contributed by atoms with Gasteiger partial charge in [-0.05, 0) is 37.5 Å². The van der Waals surface area contributed by atoms with Crippen LogP contribution in [0.5, 0.6) is 0 Å². The molecule has 3 amide bonds. The summed E-state index contributed by atoms with van der Waals surface area (Å²) < 4.78 is 7.29. The first-order valence-corrected chi connectivity index (χ1v) is 14.2. The lowest BCUT2D eigenvalue weighted by Crippen LogP contribution is -2.43. The SMILES string of the molecule is Cn1ncc(NC(=O)N2CCC(OC(=O)NC(C)(C)C)C2)c1NC(c1ccccc1)(c1ccccc1)c1ccccc1. The van der Waals surface area contributed by atoms with Crippen LogP contribution in [0, 0.1) is 0 Å². The van der Waals surface area contributed by atoms with Gasteiger partial charge in [-0.25, -0.2) is 9.59 Å². The number of carbonyl (C=O) groups excluding carboxylic acids is 2. The Kier molecular flexibility index (Phi) is 8.20. The summed E-state index contributed by atoms with van der Waals surface area (Å²) in [5, 5.41) is 14.1. The highest BCUT2D eigenvalue weighted by Crippen LogP contribution is 2.41. The molecule has 3 N–H and O–H groups in total. The zero-order chi connectivity index (χ0) is 29.7. The highest BCUT2D eigenvalue weighted by molar-refractivity contribution is 5.93. The third kappa shape index (κ3) is 6.25. The third-order valence-corrected chi connectivity index (χ3v) is 7.29. The minimum atomic E-state index is -0.788. The maximum Gasteiger partial charge on any atom is 0.407 e. The molecule has 0 radical (unpaired) electrons. The molecule has 2 heterocycles. The lowest BCUT2D eigenvalue weighted by molar-refractivity contribution is 0.0959. The Bertz CT molecular complexity index is 1400. The van der Waals surface area contributed by atoms with E-state index in [0.717, 1.165) is 16.7 Å². The van der Waals surface area contributed by atoms with Crippen molar-refractivity contribution in [2.75, 3.05) is 23.7 Å². The number of nitrogens with zero attached hydrogens (tertiary/aromatic N) is 3. The number of anilines is 2. The van der Waals surface area contributed by atoms with Gasteiger partial charge in [-0.2, -0.15) is 5.10 Å². The number of aromatic nitrogens is 2. The molecule has 42 heavy (non-hydrogen) atoms. The summed E-state index contributed by atoms with van der Waals surface area (Å²) in [4.78, 5) is 27.3. The number of carbonyl (C=O) groups is 2. The van der Waals surface area contributed by atoms with Crippen LogP contribution in [0.4, 0.5) is 21.1 Å². The summed E-state index contributed by atoms with van der Waals surface area (Å²) in [6.45, 7) is 6.47. The second-order valence-corrected chi connectivity index (χ2v) is 11.6. The van der Waals surface area contributed by atoms with Gasteiger partial charge in [0.05, 0.1) is 12.7 Å². The molecule has 0 spiro atoms. The van der Waals surface area contributed by atoms with Gasteiger partial charge in [-0.1, -0.05) is 91.0 Å². The van der Waals surface area contributed by atoms with Gasteiger partial charge in [0, 0.05) is 25.6 Å². The Morgan fingerprint density at radius 2 is 1.38 bits per heavy atom. The molecule has 4 aromatic rings. The number of ether oxygens (including phenoxy) is 1. The number of rotatable bonds is 7. The van der Waals surface area contributed by atoms with E-state index in [9.17, 15) is 9.59 Å². The molecule has 218 valence electrons. The Labute approximate surface area is 246 Å². The average Bonchev–Trinajstić information content (AvgIpc) is 3.58. The van der Waals surface area contributed by atoms with Crippen LogP contribution in [0.3, 0.4) is 0 Å². The summed E-state index contributed by atoms with van der Waals surface area (Å²) in [5.74, 6) is 0.650. The molecule has 5 rings (SSSR count). The molecule has 9 nitrogen and oxygen atoms in total. The van der Waals surface area contributed by atoms with E-state index < -0.39 is 17.2 Å². The smallest absolute Gasteiger partial charge is 0.407 e. The molecule has 1 aromatic heterocycles. The lowest BCUT2D eigenvalue weighted by atomic mass is 9.77. The standard InChI is InChI=1S/C33H38N6O3/c1-32(2,3)37-31(41)42-27-20-21-39(23-27)30(40)35-28-22-34-38(4)29(28)36-33(24-14-8-5-9-15-24,25-16-10-6-11-17-25)26-18-12-7-13-19-26/h5-19,22,27,36H,20-21,23H2,1-4H3,(H,35,40)(H,37,41). The number of hydrogen-bond donors (Lipinski definition) is 3. The maximum absolute atomic E-state index is 13.4. The number of likely N-dealkylation sites (tertiary alicyclic amines) is 1. The van der Waals surface area contributed by atoms with Crippen LogP contribution in [-0.2, 0) is 17.3 Å². The normalized spacial score (nSPS) is 15.2. The quantitative estimate of drug-likeness (QED) is 0.240. The summed E-state index contributed by atoms with van der Waals surface area (Å²) in [7, 11) is 1.84. The zero-order valence-electron chi connectivity index (χ0n) is 24.5. The van der Waals surface area contributed by atoms with Gasteiger partial charge in [0.1, 0.15) is 23.1 Å². The summed E-state index contributed by atoms with van der Waals surface area (Å²) in [6, 6.07) is 30.5. The minimum Gasteiger partial charge on any atom is -0.444 e. The molecule has 1 aliphatic heterocycles. The Morgan fingerprint density at radius 1 is 0.857 bits per heavy atom. The molecule has 1 saturated heterocycles. The molecular formula is C33H38N6O3. The van der Waals surface area contributed by atoms with Crippen molar-refractivity contribution in [2.45, 2.75) is 44.4 Å². The Hall–Kier alpha value is -4.79. The fraction of sp³-hybridized carbons (Fsp3) is 0.303. The molecule has 0 bridgehead atoms. The van der Waals surface area contributed by atoms with E-state index in [1.807, 2.05) is 82.4 Å². The van der Waals surface area contributed by atoms with Crippen molar-refractivity contribution in [3.63, 3.8) is 0 Å². The Balaban J connectivity index is 1.43. The van der Waals surface area contributed by atoms with E-state index >= 15 is 0 Å². The predicted octanol–water partition coefficient (Wildman–Crippen LogP) is 5.96. The number of amides is 3. The minimum absolute atomic E-state index is 0.280.